The molecule has 0 unspecified atom stereocenters. The van der Waals surface area contributed by atoms with Crippen molar-refractivity contribution >= 4 is 27.6 Å². The number of nitrogens with one attached hydrogen (secondary N) is 1. The average molecular weight is 336 g/mol. The van der Waals surface area contributed by atoms with E-state index < -0.39 is 0 Å². The molecule has 0 fully saturated rings. The van der Waals surface area contributed by atoms with Gasteiger partial charge in [0.25, 0.3) is 0 Å². The highest BCUT2D eigenvalue weighted by atomic mass is 79.9. The van der Waals surface area contributed by atoms with Gasteiger partial charge in [0, 0.05) is 19.3 Å². The van der Waals surface area contributed by atoms with E-state index in [2.05, 4.69) is 48.0 Å². The predicted octanol–water partition coefficient (Wildman–Crippen LogP) is 3.01. The van der Waals surface area contributed by atoms with Crippen LogP contribution in [-0.4, -0.2) is 28.5 Å². The number of aromatic nitrogens is 3. The number of anilines is 2. The Hall–Kier alpha value is -1.69. The lowest BCUT2D eigenvalue weighted by Crippen LogP contribution is -2.24. The fourth-order valence-electron chi connectivity index (χ4n) is 1.97. The molecule has 2 rings (SSSR count). The summed E-state index contributed by atoms with van der Waals surface area (Å²) in [4.78, 5) is 15.3. The van der Waals surface area contributed by atoms with E-state index in [9.17, 15) is 0 Å². The van der Waals surface area contributed by atoms with Crippen molar-refractivity contribution in [2.24, 2.45) is 0 Å². The molecule has 0 bridgehead atoms. The van der Waals surface area contributed by atoms with E-state index in [0.29, 0.717) is 0 Å². The number of pyridine rings is 1. The molecule has 2 heterocycles. The Bertz CT molecular complexity index is 588. The molecule has 20 heavy (non-hydrogen) atoms. The summed E-state index contributed by atoms with van der Waals surface area (Å²) in [7, 11) is 1.84. The minimum atomic E-state index is 0.719. The van der Waals surface area contributed by atoms with Gasteiger partial charge >= 0.3 is 0 Å². The van der Waals surface area contributed by atoms with Crippen molar-refractivity contribution in [3.63, 3.8) is 0 Å². The fourth-order valence-corrected chi connectivity index (χ4v) is 2.63. The number of halogens is 1. The molecule has 0 aromatic carbocycles. The van der Waals surface area contributed by atoms with Gasteiger partial charge in [-0.25, -0.2) is 9.97 Å². The monoisotopic (exact) mass is 335 g/mol. The van der Waals surface area contributed by atoms with Gasteiger partial charge in [-0.1, -0.05) is 6.07 Å². The van der Waals surface area contributed by atoms with E-state index in [1.807, 2.05) is 32.2 Å². The van der Waals surface area contributed by atoms with Crippen LogP contribution in [0.15, 0.2) is 29.0 Å². The smallest absolute Gasteiger partial charge is 0.148 e. The largest absolute Gasteiger partial charge is 0.372 e. The zero-order valence-corrected chi connectivity index (χ0v) is 13.5. The minimum absolute atomic E-state index is 0.719. The number of nitrogens with zero attached hydrogens (tertiary/aromatic N) is 4. The SMILES string of the molecule is CCN(Cc1cccc(C)n1)c1ncnc(NC)c1Br. The normalized spacial score (nSPS) is 10.4. The van der Waals surface area contributed by atoms with Crippen molar-refractivity contribution in [2.45, 2.75) is 20.4 Å². The summed E-state index contributed by atoms with van der Waals surface area (Å²) in [5.41, 5.74) is 2.06. The molecule has 0 spiro atoms. The van der Waals surface area contributed by atoms with E-state index in [1.54, 1.807) is 6.33 Å². The molecular formula is C14H18BrN5. The molecule has 6 heteroatoms. The Morgan fingerprint density at radius 3 is 2.75 bits per heavy atom. The molecule has 0 aliphatic rings. The fraction of sp³-hybridized carbons (Fsp3) is 0.357. The molecule has 0 radical (unpaired) electrons. The van der Waals surface area contributed by atoms with Crippen LogP contribution in [0.2, 0.25) is 0 Å². The predicted molar refractivity (Wildman–Crippen MR) is 85.0 cm³/mol. The maximum Gasteiger partial charge on any atom is 0.148 e. The van der Waals surface area contributed by atoms with E-state index in [-0.39, 0.29) is 0 Å². The summed E-state index contributed by atoms with van der Waals surface area (Å²) in [5.74, 6) is 1.65. The van der Waals surface area contributed by atoms with Gasteiger partial charge in [-0.05, 0) is 41.9 Å². The van der Waals surface area contributed by atoms with Crippen molar-refractivity contribution in [3.8, 4) is 0 Å². The van der Waals surface area contributed by atoms with Gasteiger partial charge in [0.2, 0.25) is 0 Å². The van der Waals surface area contributed by atoms with Crippen LogP contribution >= 0.6 is 15.9 Å². The Balaban J connectivity index is 2.29. The lowest BCUT2D eigenvalue weighted by atomic mass is 10.3. The van der Waals surface area contributed by atoms with Crippen LogP contribution in [0, 0.1) is 6.92 Å². The van der Waals surface area contributed by atoms with Crippen molar-refractivity contribution in [1.82, 2.24) is 15.0 Å². The molecule has 5 nitrogen and oxygen atoms in total. The molecule has 0 amide bonds. The third-order valence-electron chi connectivity index (χ3n) is 2.99. The van der Waals surface area contributed by atoms with E-state index in [0.717, 1.165) is 40.6 Å². The van der Waals surface area contributed by atoms with Gasteiger partial charge in [0.05, 0.1) is 12.2 Å². The first-order chi connectivity index (χ1) is 9.65. The van der Waals surface area contributed by atoms with Gasteiger partial charge < -0.3 is 10.2 Å². The second-order valence-electron chi connectivity index (χ2n) is 4.39. The van der Waals surface area contributed by atoms with Crippen molar-refractivity contribution in [1.29, 1.82) is 0 Å². The summed E-state index contributed by atoms with van der Waals surface area (Å²) >= 11 is 3.56. The summed E-state index contributed by atoms with van der Waals surface area (Å²) in [5, 5.41) is 3.05. The Morgan fingerprint density at radius 1 is 1.30 bits per heavy atom. The highest BCUT2D eigenvalue weighted by Gasteiger charge is 2.14. The molecule has 1 N–H and O–H groups in total. The zero-order chi connectivity index (χ0) is 14.5. The molecule has 0 aliphatic heterocycles. The van der Waals surface area contributed by atoms with E-state index in [4.69, 9.17) is 0 Å². The summed E-state index contributed by atoms with van der Waals surface area (Å²) < 4.78 is 0.872. The second-order valence-corrected chi connectivity index (χ2v) is 5.19. The Labute approximate surface area is 127 Å². The van der Waals surface area contributed by atoms with Crippen LogP contribution in [-0.2, 0) is 6.54 Å². The summed E-state index contributed by atoms with van der Waals surface area (Å²) in [6, 6.07) is 6.06. The van der Waals surface area contributed by atoms with Crippen LogP contribution in [0.5, 0.6) is 0 Å². The van der Waals surface area contributed by atoms with Gasteiger partial charge in [-0.2, -0.15) is 0 Å². The van der Waals surface area contributed by atoms with Crippen LogP contribution < -0.4 is 10.2 Å². The number of hydrogen-bond donors (Lipinski definition) is 1. The maximum atomic E-state index is 4.54. The standard InChI is InChI=1S/C14H18BrN5/c1-4-20(8-11-7-5-6-10(2)19-11)14-12(15)13(16-3)17-9-18-14/h5-7,9H,4,8H2,1-3H3,(H,16,17,18). The molecule has 106 valence electrons. The quantitative estimate of drug-likeness (QED) is 0.910. The lowest BCUT2D eigenvalue weighted by Gasteiger charge is -2.23. The van der Waals surface area contributed by atoms with Crippen molar-refractivity contribution in [3.05, 3.63) is 40.4 Å². The first kappa shape index (κ1) is 14.7. The molecule has 0 saturated carbocycles. The number of rotatable bonds is 5. The summed E-state index contributed by atoms with van der Waals surface area (Å²) in [6.45, 7) is 5.66. The molecule has 0 saturated heterocycles. The zero-order valence-electron chi connectivity index (χ0n) is 11.9. The topological polar surface area (TPSA) is 53.9 Å². The van der Waals surface area contributed by atoms with Gasteiger partial charge in [-0.15, -0.1) is 0 Å². The first-order valence-corrected chi connectivity index (χ1v) is 7.30. The number of hydrogen-bond acceptors (Lipinski definition) is 5. The lowest BCUT2D eigenvalue weighted by molar-refractivity contribution is 0.785. The Kier molecular flexibility index (Phi) is 4.89. The highest BCUT2D eigenvalue weighted by Crippen LogP contribution is 2.29. The molecule has 0 atom stereocenters. The van der Waals surface area contributed by atoms with Gasteiger partial charge in [0.1, 0.15) is 22.4 Å². The van der Waals surface area contributed by atoms with Crippen molar-refractivity contribution < 1.29 is 0 Å². The van der Waals surface area contributed by atoms with Crippen molar-refractivity contribution in [2.75, 3.05) is 23.8 Å². The molecular weight excluding hydrogens is 318 g/mol. The second kappa shape index (κ2) is 6.65. The van der Waals surface area contributed by atoms with Gasteiger partial charge in [0.15, 0.2) is 0 Å². The maximum absolute atomic E-state index is 4.54. The third-order valence-corrected chi connectivity index (χ3v) is 3.72. The van der Waals surface area contributed by atoms with Crippen LogP contribution in [0.1, 0.15) is 18.3 Å². The number of aryl methyl sites for hydroxylation is 1. The first-order valence-electron chi connectivity index (χ1n) is 6.51. The summed E-state index contributed by atoms with van der Waals surface area (Å²) in [6.07, 6.45) is 1.57. The highest BCUT2D eigenvalue weighted by molar-refractivity contribution is 9.10. The molecule has 2 aromatic rings. The average Bonchev–Trinajstić information content (AvgIpc) is 2.45. The molecule has 2 aromatic heterocycles. The third kappa shape index (κ3) is 3.25. The van der Waals surface area contributed by atoms with Gasteiger partial charge in [-0.3, -0.25) is 4.98 Å². The Morgan fingerprint density at radius 2 is 2.10 bits per heavy atom. The van der Waals surface area contributed by atoms with Crippen LogP contribution in [0.3, 0.4) is 0 Å². The van der Waals surface area contributed by atoms with E-state index >= 15 is 0 Å². The van der Waals surface area contributed by atoms with E-state index in [1.165, 1.54) is 0 Å². The van der Waals surface area contributed by atoms with Crippen LogP contribution in [0.4, 0.5) is 11.6 Å². The molecule has 0 aliphatic carbocycles. The minimum Gasteiger partial charge on any atom is -0.372 e. The van der Waals surface area contributed by atoms with Crippen LogP contribution in [0.25, 0.3) is 0 Å².